The zero-order valence-corrected chi connectivity index (χ0v) is 13.1. The number of aliphatic hydroxyl groups is 1. The van der Waals surface area contributed by atoms with E-state index in [1.54, 1.807) is 30.0 Å². The average Bonchev–Trinajstić information content (AvgIpc) is 2.34. The summed E-state index contributed by atoms with van der Waals surface area (Å²) in [4.78, 5) is 11.7. The summed E-state index contributed by atoms with van der Waals surface area (Å²) in [6.07, 6.45) is 1.08. The van der Waals surface area contributed by atoms with Crippen LogP contribution in [-0.2, 0) is 4.79 Å². The summed E-state index contributed by atoms with van der Waals surface area (Å²) in [5, 5.41) is 14.0. The van der Waals surface area contributed by atoms with Gasteiger partial charge in [-0.3, -0.25) is 4.79 Å². The van der Waals surface area contributed by atoms with Crippen molar-refractivity contribution < 1.29 is 9.90 Å². The fraction of sp³-hybridized carbons (Fsp3) is 0.462. The molecule has 19 heavy (non-hydrogen) atoms. The summed E-state index contributed by atoms with van der Waals surface area (Å²) < 4.78 is 0. The molecule has 3 nitrogen and oxygen atoms in total. The van der Waals surface area contributed by atoms with Gasteiger partial charge in [-0.1, -0.05) is 30.1 Å². The van der Waals surface area contributed by atoms with Crippen LogP contribution in [0.3, 0.4) is 0 Å². The Balaban J connectivity index is 2.54. The number of aliphatic hydroxyl groups excluding tert-OH is 1. The van der Waals surface area contributed by atoms with Gasteiger partial charge in [-0.05, 0) is 30.0 Å². The molecule has 106 valence electrons. The van der Waals surface area contributed by atoms with Crippen LogP contribution in [0.25, 0.3) is 0 Å². The number of rotatable bonds is 6. The molecule has 0 aliphatic carbocycles. The van der Waals surface area contributed by atoms with E-state index in [9.17, 15) is 9.90 Å². The lowest BCUT2D eigenvalue weighted by Crippen LogP contribution is -2.30. The Morgan fingerprint density at radius 2 is 1.95 bits per heavy atom. The number of thioether (sulfide) groups is 1. The van der Waals surface area contributed by atoms with Crippen LogP contribution >= 0.6 is 35.0 Å². The third-order valence-electron chi connectivity index (χ3n) is 2.64. The molecule has 0 heterocycles. The van der Waals surface area contributed by atoms with E-state index in [0.717, 1.165) is 0 Å². The molecule has 0 aliphatic heterocycles. The summed E-state index contributed by atoms with van der Waals surface area (Å²) in [5.41, 5.74) is 0.547. The van der Waals surface area contributed by atoms with Crippen molar-refractivity contribution in [2.45, 2.75) is 24.7 Å². The number of hydrogen-bond donors (Lipinski definition) is 2. The van der Waals surface area contributed by atoms with E-state index in [1.807, 2.05) is 13.2 Å². The van der Waals surface area contributed by atoms with Crippen LogP contribution in [0.2, 0.25) is 10.0 Å². The molecule has 1 aromatic carbocycles. The minimum atomic E-state index is -0.902. The predicted octanol–water partition coefficient (Wildman–Crippen LogP) is 3.28. The molecule has 0 unspecified atom stereocenters. The molecule has 1 rings (SSSR count). The number of hydrogen-bond acceptors (Lipinski definition) is 3. The Bertz CT molecular complexity index is 422. The highest BCUT2D eigenvalue weighted by Crippen LogP contribution is 2.25. The number of carbonyl (C=O) groups excluding carboxylic acids is 1. The second kappa shape index (κ2) is 8.00. The largest absolute Gasteiger partial charge is 0.388 e. The molecular weight excluding hydrogens is 305 g/mol. The molecule has 0 radical (unpaired) electrons. The van der Waals surface area contributed by atoms with E-state index in [-0.39, 0.29) is 12.3 Å². The maximum absolute atomic E-state index is 11.7. The van der Waals surface area contributed by atoms with Crippen molar-refractivity contribution in [1.82, 2.24) is 5.32 Å². The molecule has 0 fully saturated rings. The van der Waals surface area contributed by atoms with E-state index < -0.39 is 6.10 Å². The van der Waals surface area contributed by atoms with Crippen LogP contribution in [-0.4, -0.2) is 29.1 Å². The van der Waals surface area contributed by atoms with Crippen LogP contribution in [0.5, 0.6) is 0 Å². The highest BCUT2D eigenvalue weighted by atomic mass is 35.5. The third kappa shape index (κ3) is 6.04. The van der Waals surface area contributed by atoms with Gasteiger partial charge in [0.05, 0.1) is 12.5 Å². The lowest BCUT2D eigenvalue weighted by atomic mass is 10.1. The van der Waals surface area contributed by atoms with E-state index in [2.05, 4.69) is 5.32 Å². The first-order chi connectivity index (χ1) is 8.92. The Labute approximate surface area is 127 Å². The quantitative estimate of drug-likeness (QED) is 0.845. The number of benzene rings is 1. The standard InChI is InChI=1S/C13H17Cl2NO2S/c1-8(19-2)7-16-13(18)6-12(17)9-3-10(14)5-11(15)4-9/h3-5,8,12,17H,6-7H2,1-2H3,(H,16,18)/t8-,12+/m0/s1. The van der Waals surface area contributed by atoms with Gasteiger partial charge in [0, 0.05) is 21.8 Å². The number of nitrogens with one attached hydrogen (secondary N) is 1. The number of amides is 1. The van der Waals surface area contributed by atoms with Gasteiger partial charge in [0.25, 0.3) is 0 Å². The van der Waals surface area contributed by atoms with Crippen LogP contribution in [0.1, 0.15) is 25.0 Å². The highest BCUT2D eigenvalue weighted by molar-refractivity contribution is 7.99. The Morgan fingerprint density at radius 3 is 2.47 bits per heavy atom. The minimum Gasteiger partial charge on any atom is -0.388 e. The van der Waals surface area contributed by atoms with Crippen molar-refractivity contribution in [2.75, 3.05) is 12.8 Å². The zero-order chi connectivity index (χ0) is 14.4. The van der Waals surface area contributed by atoms with Gasteiger partial charge in [0.1, 0.15) is 0 Å². The molecule has 2 atom stereocenters. The predicted molar refractivity (Wildman–Crippen MR) is 82.0 cm³/mol. The van der Waals surface area contributed by atoms with E-state index in [0.29, 0.717) is 27.4 Å². The lowest BCUT2D eigenvalue weighted by Gasteiger charge is -2.14. The summed E-state index contributed by atoms with van der Waals surface area (Å²) >= 11 is 13.4. The average molecular weight is 322 g/mol. The van der Waals surface area contributed by atoms with Crippen molar-refractivity contribution in [2.24, 2.45) is 0 Å². The highest BCUT2D eigenvalue weighted by Gasteiger charge is 2.14. The van der Waals surface area contributed by atoms with Gasteiger partial charge in [-0.25, -0.2) is 0 Å². The maximum atomic E-state index is 11.7. The van der Waals surface area contributed by atoms with Crippen molar-refractivity contribution in [3.63, 3.8) is 0 Å². The second-order valence-electron chi connectivity index (χ2n) is 4.27. The van der Waals surface area contributed by atoms with Crippen molar-refractivity contribution >= 4 is 40.9 Å². The Hall–Kier alpha value is -0.420. The van der Waals surface area contributed by atoms with Crippen LogP contribution in [0, 0.1) is 0 Å². The Morgan fingerprint density at radius 1 is 1.37 bits per heavy atom. The van der Waals surface area contributed by atoms with E-state index in [1.165, 1.54) is 0 Å². The normalized spacial score (nSPS) is 13.9. The Kier molecular flexibility index (Phi) is 7.00. The fourth-order valence-corrected chi connectivity index (χ4v) is 2.27. The zero-order valence-electron chi connectivity index (χ0n) is 10.8. The number of halogens is 2. The summed E-state index contributed by atoms with van der Waals surface area (Å²) in [5.74, 6) is -0.190. The van der Waals surface area contributed by atoms with Crippen LogP contribution in [0.15, 0.2) is 18.2 Å². The summed E-state index contributed by atoms with van der Waals surface area (Å²) in [6.45, 7) is 2.61. The smallest absolute Gasteiger partial charge is 0.222 e. The summed E-state index contributed by atoms with van der Waals surface area (Å²) in [6, 6.07) is 4.80. The van der Waals surface area contributed by atoms with E-state index in [4.69, 9.17) is 23.2 Å². The van der Waals surface area contributed by atoms with E-state index >= 15 is 0 Å². The molecule has 1 amide bonds. The first kappa shape index (κ1) is 16.6. The fourth-order valence-electron chi connectivity index (χ4n) is 1.47. The number of carbonyl (C=O) groups is 1. The monoisotopic (exact) mass is 321 g/mol. The molecule has 0 spiro atoms. The van der Waals surface area contributed by atoms with Crippen molar-refractivity contribution in [1.29, 1.82) is 0 Å². The van der Waals surface area contributed by atoms with Gasteiger partial charge >= 0.3 is 0 Å². The molecule has 0 saturated carbocycles. The first-order valence-electron chi connectivity index (χ1n) is 5.86. The summed E-state index contributed by atoms with van der Waals surface area (Å²) in [7, 11) is 0. The van der Waals surface area contributed by atoms with Gasteiger partial charge in [-0.15, -0.1) is 0 Å². The lowest BCUT2D eigenvalue weighted by molar-refractivity contribution is -0.123. The topological polar surface area (TPSA) is 49.3 Å². The first-order valence-corrected chi connectivity index (χ1v) is 7.90. The van der Waals surface area contributed by atoms with Crippen molar-refractivity contribution in [3.05, 3.63) is 33.8 Å². The molecule has 0 aromatic heterocycles. The van der Waals surface area contributed by atoms with Crippen LogP contribution in [0.4, 0.5) is 0 Å². The molecule has 6 heteroatoms. The molecular formula is C13H17Cl2NO2S. The van der Waals surface area contributed by atoms with Gasteiger partial charge in [-0.2, -0.15) is 11.8 Å². The molecule has 1 aromatic rings. The molecule has 2 N–H and O–H groups in total. The second-order valence-corrected chi connectivity index (χ2v) is 6.42. The third-order valence-corrected chi connectivity index (χ3v) is 4.05. The van der Waals surface area contributed by atoms with Gasteiger partial charge in [0.15, 0.2) is 0 Å². The minimum absolute atomic E-state index is 0.00221. The molecule has 0 aliphatic rings. The van der Waals surface area contributed by atoms with Gasteiger partial charge in [0.2, 0.25) is 5.91 Å². The van der Waals surface area contributed by atoms with Crippen LogP contribution < -0.4 is 5.32 Å². The van der Waals surface area contributed by atoms with Crippen molar-refractivity contribution in [3.8, 4) is 0 Å². The maximum Gasteiger partial charge on any atom is 0.222 e. The van der Waals surface area contributed by atoms with Gasteiger partial charge < -0.3 is 10.4 Å². The molecule has 0 bridgehead atoms. The SMILES string of the molecule is CS[C@@H](C)CNC(=O)C[C@@H](O)c1cc(Cl)cc(Cl)c1. The molecule has 0 saturated heterocycles.